The molecule has 242 valence electrons. The largest absolute Gasteiger partial charge is 0.472 e. The highest BCUT2D eigenvalue weighted by atomic mass is 31.2. The van der Waals surface area contributed by atoms with Crippen LogP contribution in [-0.2, 0) is 36.9 Å². The first-order valence-electron chi connectivity index (χ1n) is 13.3. The molecule has 7 rings (SSSR count). The van der Waals surface area contributed by atoms with Gasteiger partial charge >= 0.3 is 15.4 Å². The number of aromatic nitrogens is 7. The highest BCUT2D eigenvalue weighted by Gasteiger charge is 2.52. The van der Waals surface area contributed by atoms with Crippen LogP contribution in [-0.4, -0.2) is 110 Å². The quantitative estimate of drug-likeness (QED) is 0.139. The molecule has 3 fully saturated rings. The van der Waals surface area contributed by atoms with Crippen molar-refractivity contribution in [2.24, 2.45) is 0 Å². The van der Waals surface area contributed by atoms with E-state index in [0.29, 0.717) is 11.2 Å². The SMILES string of the molecule is Nc1ncnc2c1ncn2[C@@H]1O[C@@H]2COP(=O)(O)CO[C@@H]3C(O)[C@H](n4cnc5c(N)ccnc54)O[C@@H]3COP(=O)(O)OC1[C@H]2O. The zero-order chi connectivity index (χ0) is 31.7. The Morgan fingerprint density at radius 3 is 2.31 bits per heavy atom. The fourth-order valence-electron chi connectivity index (χ4n) is 5.44. The molecule has 7 heterocycles. The first kappa shape index (κ1) is 30.5. The Morgan fingerprint density at radius 1 is 0.822 bits per heavy atom. The van der Waals surface area contributed by atoms with Crippen molar-refractivity contribution < 1.29 is 56.9 Å². The predicted octanol–water partition coefficient (Wildman–Crippen LogP) is -0.987. The van der Waals surface area contributed by atoms with Crippen molar-refractivity contribution in [1.82, 2.24) is 34.1 Å². The Balaban J connectivity index is 1.19. The number of imidazole rings is 2. The molecule has 4 aromatic rings. The fraction of sp³-hybridized carbons (Fsp3) is 0.500. The number of anilines is 2. The Labute approximate surface area is 251 Å². The van der Waals surface area contributed by atoms with Gasteiger partial charge in [-0.25, -0.2) is 29.5 Å². The number of nitrogens with zero attached hydrogens (tertiary/aromatic N) is 7. The summed E-state index contributed by atoms with van der Waals surface area (Å²) in [6.45, 7) is -1.38. The number of ether oxygens (including phenoxy) is 3. The van der Waals surface area contributed by atoms with E-state index in [1.807, 2.05) is 0 Å². The van der Waals surface area contributed by atoms with Crippen LogP contribution in [0.25, 0.3) is 22.3 Å². The molecular formula is C22H27N9O12P2. The van der Waals surface area contributed by atoms with Gasteiger partial charge in [0.25, 0.3) is 0 Å². The van der Waals surface area contributed by atoms with Crippen LogP contribution in [0.4, 0.5) is 11.5 Å². The summed E-state index contributed by atoms with van der Waals surface area (Å²) < 4.78 is 62.1. The summed E-state index contributed by atoms with van der Waals surface area (Å²) in [6, 6.07) is 1.54. The molecule has 4 unspecified atom stereocenters. The first-order valence-corrected chi connectivity index (χ1v) is 16.6. The highest BCUT2D eigenvalue weighted by molar-refractivity contribution is 7.52. The van der Waals surface area contributed by atoms with Crippen molar-refractivity contribution in [2.45, 2.75) is 49.1 Å². The summed E-state index contributed by atoms with van der Waals surface area (Å²) in [5.74, 6) is 0.0416. The second kappa shape index (κ2) is 11.3. The van der Waals surface area contributed by atoms with E-state index in [4.69, 9.17) is 39.2 Å². The number of pyridine rings is 1. The number of hydrogen-bond acceptors (Lipinski definition) is 17. The van der Waals surface area contributed by atoms with Crippen molar-refractivity contribution in [3.63, 3.8) is 0 Å². The molecule has 45 heavy (non-hydrogen) atoms. The summed E-state index contributed by atoms with van der Waals surface area (Å²) in [5.41, 5.74) is 13.1. The molecule has 10 atom stereocenters. The number of nitrogens with two attached hydrogens (primary N) is 2. The third-order valence-corrected chi connectivity index (χ3v) is 9.59. The standard InChI is InChI=1S/C22H27N9O12P2/c23-9-1-2-25-19-12(9)28-6-30(19)21-15(33)16-11(42-21)4-40-45(36,37)43-17-14(32)10(3-39-44(34,35)8-38-16)41-22(17)31-7-29-13-18(24)26-5-27-20(13)31/h1-2,5-7,10-11,14-17,21-22,32-33H,3-4,8H2,(H2,23,25)(H,34,35)(H,36,37)(H2,24,26,27)/t10-,11-,14+,15?,16+,17?,21-,22-/m1/s1. The minimum atomic E-state index is -5.02. The van der Waals surface area contributed by atoms with Gasteiger partial charge in [-0.15, -0.1) is 0 Å². The Hall–Kier alpha value is -3.17. The van der Waals surface area contributed by atoms with Crippen LogP contribution in [0, 0.1) is 0 Å². The van der Waals surface area contributed by atoms with Crippen LogP contribution in [0.3, 0.4) is 0 Å². The maximum absolute atomic E-state index is 13.2. The normalized spacial score (nSPS) is 38.0. The molecule has 3 aliphatic rings. The van der Waals surface area contributed by atoms with E-state index in [9.17, 15) is 29.1 Å². The minimum Gasteiger partial charge on any atom is -0.397 e. The van der Waals surface area contributed by atoms with E-state index in [1.165, 1.54) is 34.1 Å². The molecule has 0 aromatic carbocycles. The predicted molar refractivity (Wildman–Crippen MR) is 148 cm³/mol. The topological polar surface area (TPSA) is 297 Å². The average Bonchev–Trinajstić information content (AvgIpc) is 3.75. The van der Waals surface area contributed by atoms with Gasteiger partial charge in [-0.3, -0.25) is 22.7 Å². The number of nitrogen functional groups attached to an aromatic ring is 2. The number of aliphatic hydroxyl groups is 2. The third-order valence-electron chi connectivity index (χ3n) is 7.58. The fourth-order valence-corrected chi connectivity index (χ4v) is 7.19. The lowest BCUT2D eigenvalue weighted by Crippen LogP contribution is -2.38. The van der Waals surface area contributed by atoms with Gasteiger partial charge in [0, 0.05) is 6.20 Å². The van der Waals surface area contributed by atoms with Gasteiger partial charge in [-0.05, 0) is 6.07 Å². The Morgan fingerprint density at radius 2 is 1.51 bits per heavy atom. The van der Waals surface area contributed by atoms with Crippen LogP contribution in [0.15, 0.2) is 31.2 Å². The van der Waals surface area contributed by atoms with Gasteiger partial charge in [0.05, 0.1) is 31.6 Å². The summed E-state index contributed by atoms with van der Waals surface area (Å²) in [7, 11) is -9.56. The third kappa shape index (κ3) is 5.50. The van der Waals surface area contributed by atoms with Gasteiger partial charge in [-0.2, -0.15) is 0 Å². The number of aliphatic hydroxyl groups excluding tert-OH is 2. The van der Waals surface area contributed by atoms with Crippen LogP contribution in [0.1, 0.15) is 12.5 Å². The van der Waals surface area contributed by atoms with Crippen molar-refractivity contribution in [3.8, 4) is 0 Å². The molecular weight excluding hydrogens is 644 g/mol. The van der Waals surface area contributed by atoms with E-state index in [-0.39, 0.29) is 22.6 Å². The molecule has 4 aromatic heterocycles. The lowest BCUT2D eigenvalue weighted by atomic mass is 10.1. The zero-order valence-corrected chi connectivity index (χ0v) is 24.7. The van der Waals surface area contributed by atoms with Crippen molar-refractivity contribution >= 4 is 49.3 Å². The van der Waals surface area contributed by atoms with Crippen LogP contribution in [0.5, 0.6) is 0 Å². The van der Waals surface area contributed by atoms with E-state index in [2.05, 4.69) is 24.9 Å². The van der Waals surface area contributed by atoms with Crippen LogP contribution >= 0.6 is 15.4 Å². The molecule has 0 saturated carbocycles. The van der Waals surface area contributed by atoms with Gasteiger partial charge in [0.1, 0.15) is 60.3 Å². The van der Waals surface area contributed by atoms with E-state index < -0.39 is 84.1 Å². The van der Waals surface area contributed by atoms with Crippen molar-refractivity contribution in [3.05, 3.63) is 31.2 Å². The lowest BCUT2D eigenvalue weighted by molar-refractivity contribution is -0.0633. The van der Waals surface area contributed by atoms with Crippen molar-refractivity contribution in [2.75, 3.05) is 31.0 Å². The minimum absolute atomic E-state index is 0.0416. The van der Waals surface area contributed by atoms with E-state index >= 15 is 0 Å². The molecule has 0 aliphatic carbocycles. The van der Waals surface area contributed by atoms with Gasteiger partial charge in [-0.1, -0.05) is 0 Å². The smallest absolute Gasteiger partial charge is 0.397 e. The maximum Gasteiger partial charge on any atom is 0.472 e. The van der Waals surface area contributed by atoms with Gasteiger partial charge < -0.3 is 50.2 Å². The summed E-state index contributed by atoms with van der Waals surface area (Å²) in [4.78, 5) is 41.8. The molecule has 0 spiro atoms. The number of phosphoric ester groups is 1. The summed E-state index contributed by atoms with van der Waals surface area (Å²) >= 11 is 0. The molecule has 3 aliphatic heterocycles. The molecule has 0 amide bonds. The second-order valence-electron chi connectivity index (χ2n) is 10.4. The molecule has 3 saturated heterocycles. The van der Waals surface area contributed by atoms with Gasteiger partial charge in [0.15, 0.2) is 29.6 Å². The lowest BCUT2D eigenvalue weighted by Gasteiger charge is -2.26. The molecule has 8 N–H and O–H groups in total. The molecule has 21 nitrogen and oxygen atoms in total. The van der Waals surface area contributed by atoms with Gasteiger partial charge in [0.2, 0.25) is 0 Å². The Kier molecular flexibility index (Phi) is 7.63. The molecule has 2 bridgehead atoms. The second-order valence-corrected chi connectivity index (χ2v) is 13.6. The van der Waals surface area contributed by atoms with Crippen LogP contribution < -0.4 is 11.5 Å². The number of fused-ring (bicyclic) bond motifs is 5. The number of hydrogen-bond donors (Lipinski definition) is 6. The van der Waals surface area contributed by atoms with E-state index in [1.54, 1.807) is 0 Å². The zero-order valence-electron chi connectivity index (χ0n) is 22.9. The Bertz CT molecular complexity index is 1840. The number of phosphoric acid groups is 1. The maximum atomic E-state index is 13.2. The first-order chi connectivity index (χ1) is 21.4. The highest BCUT2D eigenvalue weighted by Crippen LogP contribution is 2.52. The summed E-state index contributed by atoms with van der Waals surface area (Å²) in [6.07, 6.45) is -7.14. The average molecular weight is 671 g/mol. The van der Waals surface area contributed by atoms with E-state index in [0.717, 1.165) is 6.33 Å². The van der Waals surface area contributed by atoms with Crippen molar-refractivity contribution in [1.29, 1.82) is 0 Å². The number of rotatable bonds is 2. The molecule has 0 radical (unpaired) electrons. The summed E-state index contributed by atoms with van der Waals surface area (Å²) in [5, 5.41) is 22.3. The molecule has 23 heteroatoms. The monoisotopic (exact) mass is 671 g/mol. The van der Waals surface area contributed by atoms with Crippen LogP contribution in [0.2, 0.25) is 0 Å².